The molecular weight excluding hydrogens is 200 g/mol. The molecule has 88 valence electrons. The maximum Gasteiger partial charge on any atom is 0.155 e. The lowest BCUT2D eigenvalue weighted by atomic mass is 9.82. The van der Waals surface area contributed by atoms with Gasteiger partial charge in [0.25, 0.3) is 0 Å². The summed E-state index contributed by atoms with van der Waals surface area (Å²) in [6.07, 6.45) is 6.95. The molecule has 1 aliphatic heterocycles. The third-order valence-electron chi connectivity index (χ3n) is 3.96. The Hall–Kier alpha value is -1.32. The van der Waals surface area contributed by atoms with Crippen LogP contribution in [0.3, 0.4) is 0 Å². The number of anilines is 2. The van der Waals surface area contributed by atoms with Crippen LogP contribution in [-0.2, 0) is 0 Å². The van der Waals surface area contributed by atoms with Crippen LogP contribution in [0.2, 0.25) is 0 Å². The van der Waals surface area contributed by atoms with Crippen molar-refractivity contribution in [1.82, 2.24) is 9.97 Å². The molecule has 1 saturated heterocycles. The average Bonchev–Trinajstić information content (AvgIpc) is 2.75. The third-order valence-corrected chi connectivity index (χ3v) is 3.96. The second-order valence-corrected chi connectivity index (χ2v) is 4.68. The first kappa shape index (κ1) is 11.2. The molecule has 0 radical (unpaired) electrons. The Bertz CT molecular complexity index is 360. The van der Waals surface area contributed by atoms with Crippen LogP contribution in [-0.4, -0.2) is 23.1 Å². The molecule has 2 rings (SSSR count). The predicted molar refractivity (Wildman–Crippen MR) is 66.3 cm³/mol. The highest BCUT2D eigenvalue weighted by Crippen LogP contribution is 2.39. The Balaban J connectivity index is 2.18. The summed E-state index contributed by atoms with van der Waals surface area (Å²) in [6.45, 7) is 6.68. The zero-order chi connectivity index (χ0) is 11.6. The first-order chi connectivity index (χ1) is 7.71. The molecule has 4 heteroatoms. The minimum absolute atomic E-state index is 0.456. The van der Waals surface area contributed by atoms with Crippen LogP contribution >= 0.6 is 0 Å². The summed E-state index contributed by atoms with van der Waals surface area (Å²) in [5.74, 6) is 0.902. The van der Waals surface area contributed by atoms with Crippen LogP contribution in [0.5, 0.6) is 0 Å². The summed E-state index contributed by atoms with van der Waals surface area (Å²) >= 11 is 0. The lowest BCUT2D eigenvalue weighted by Gasteiger charge is -2.27. The van der Waals surface area contributed by atoms with Gasteiger partial charge in [0.05, 0.1) is 11.9 Å². The predicted octanol–water partition coefficient (Wildman–Crippen LogP) is 2.08. The summed E-state index contributed by atoms with van der Waals surface area (Å²) in [7, 11) is 0. The van der Waals surface area contributed by atoms with Crippen molar-refractivity contribution >= 4 is 11.5 Å². The van der Waals surface area contributed by atoms with Gasteiger partial charge in [-0.25, -0.2) is 9.97 Å². The summed E-state index contributed by atoms with van der Waals surface area (Å²) < 4.78 is 0. The van der Waals surface area contributed by atoms with Crippen molar-refractivity contribution in [2.24, 2.45) is 5.41 Å². The number of rotatable bonds is 3. The van der Waals surface area contributed by atoms with Crippen LogP contribution in [0.25, 0.3) is 0 Å². The molecule has 0 aliphatic carbocycles. The molecule has 2 heterocycles. The fourth-order valence-corrected chi connectivity index (χ4v) is 2.54. The van der Waals surface area contributed by atoms with E-state index in [-0.39, 0.29) is 0 Å². The number of nitrogens with zero attached hydrogens (tertiary/aromatic N) is 3. The summed E-state index contributed by atoms with van der Waals surface area (Å²) in [6, 6.07) is 0. The van der Waals surface area contributed by atoms with Crippen LogP contribution in [0, 0.1) is 5.41 Å². The fourth-order valence-electron chi connectivity index (χ4n) is 2.54. The number of aromatic nitrogens is 2. The lowest BCUT2D eigenvalue weighted by Crippen LogP contribution is -2.27. The zero-order valence-electron chi connectivity index (χ0n) is 10.1. The van der Waals surface area contributed by atoms with Crippen molar-refractivity contribution in [3.05, 3.63) is 12.5 Å². The lowest BCUT2D eigenvalue weighted by molar-refractivity contribution is 0.301. The SMILES string of the molecule is CCC1(CC)CCN(c2ncncc2N)C1. The van der Waals surface area contributed by atoms with Crippen molar-refractivity contribution < 1.29 is 0 Å². The van der Waals surface area contributed by atoms with Gasteiger partial charge in [-0.3, -0.25) is 0 Å². The molecule has 0 bridgehead atoms. The molecule has 1 fully saturated rings. The maximum atomic E-state index is 5.91. The highest BCUT2D eigenvalue weighted by molar-refractivity contribution is 5.61. The molecule has 2 N–H and O–H groups in total. The molecule has 0 atom stereocenters. The Morgan fingerprint density at radius 3 is 2.75 bits per heavy atom. The Morgan fingerprint density at radius 2 is 2.19 bits per heavy atom. The summed E-state index contributed by atoms with van der Waals surface area (Å²) in [5.41, 5.74) is 7.05. The van der Waals surface area contributed by atoms with E-state index in [2.05, 4.69) is 28.7 Å². The molecule has 0 saturated carbocycles. The molecule has 0 unspecified atom stereocenters. The Morgan fingerprint density at radius 1 is 1.44 bits per heavy atom. The third kappa shape index (κ3) is 1.84. The number of nitrogen functional groups attached to an aromatic ring is 1. The molecular formula is C12H20N4. The molecule has 16 heavy (non-hydrogen) atoms. The van der Waals surface area contributed by atoms with Crippen LogP contribution in [0.1, 0.15) is 33.1 Å². The highest BCUT2D eigenvalue weighted by atomic mass is 15.2. The molecule has 1 aliphatic rings. The summed E-state index contributed by atoms with van der Waals surface area (Å²) in [5, 5.41) is 0. The standard InChI is InChI=1S/C12H20N4/c1-3-12(4-2)5-6-16(8-12)11-10(13)7-14-9-15-11/h7,9H,3-6,8,13H2,1-2H3. The van der Waals surface area contributed by atoms with Gasteiger partial charge >= 0.3 is 0 Å². The van der Waals surface area contributed by atoms with Gasteiger partial charge in [0.15, 0.2) is 5.82 Å². The van der Waals surface area contributed by atoms with Gasteiger partial charge in [-0.15, -0.1) is 0 Å². The van der Waals surface area contributed by atoms with E-state index in [1.54, 1.807) is 12.5 Å². The van der Waals surface area contributed by atoms with Crippen molar-refractivity contribution in [2.45, 2.75) is 33.1 Å². The zero-order valence-corrected chi connectivity index (χ0v) is 10.1. The smallest absolute Gasteiger partial charge is 0.155 e. The molecule has 1 aromatic rings. The minimum Gasteiger partial charge on any atom is -0.394 e. The Labute approximate surface area is 96.9 Å². The van der Waals surface area contributed by atoms with Gasteiger partial charge < -0.3 is 10.6 Å². The van der Waals surface area contributed by atoms with E-state index in [1.165, 1.54) is 19.3 Å². The first-order valence-electron chi connectivity index (χ1n) is 6.01. The van der Waals surface area contributed by atoms with Gasteiger partial charge in [0, 0.05) is 13.1 Å². The van der Waals surface area contributed by atoms with Crippen molar-refractivity contribution in [1.29, 1.82) is 0 Å². The molecule has 0 amide bonds. The van der Waals surface area contributed by atoms with E-state index in [4.69, 9.17) is 5.73 Å². The normalized spacial score (nSPS) is 19.0. The molecule has 0 aromatic carbocycles. The Kier molecular flexibility index (Phi) is 2.99. The second kappa shape index (κ2) is 4.28. The number of nitrogens with two attached hydrogens (primary N) is 1. The van der Waals surface area contributed by atoms with Gasteiger partial charge in [0.2, 0.25) is 0 Å². The van der Waals surface area contributed by atoms with Crippen molar-refractivity contribution in [3.63, 3.8) is 0 Å². The van der Waals surface area contributed by atoms with Gasteiger partial charge in [-0.1, -0.05) is 13.8 Å². The number of hydrogen-bond acceptors (Lipinski definition) is 4. The van der Waals surface area contributed by atoms with Gasteiger partial charge in [0.1, 0.15) is 6.33 Å². The number of hydrogen-bond donors (Lipinski definition) is 1. The molecule has 4 nitrogen and oxygen atoms in total. The first-order valence-corrected chi connectivity index (χ1v) is 6.01. The van der Waals surface area contributed by atoms with E-state index >= 15 is 0 Å². The fraction of sp³-hybridized carbons (Fsp3) is 0.667. The van der Waals surface area contributed by atoms with E-state index in [9.17, 15) is 0 Å². The van der Waals surface area contributed by atoms with Crippen molar-refractivity contribution in [2.75, 3.05) is 23.7 Å². The van der Waals surface area contributed by atoms with E-state index in [0.29, 0.717) is 11.1 Å². The van der Waals surface area contributed by atoms with Gasteiger partial charge in [-0.05, 0) is 24.7 Å². The monoisotopic (exact) mass is 220 g/mol. The van der Waals surface area contributed by atoms with Crippen LogP contribution in [0.15, 0.2) is 12.5 Å². The largest absolute Gasteiger partial charge is 0.394 e. The molecule has 1 aromatic heterocycles. The van der Waals surface area contributed by atoms with Crippen LogP contribution < -0.4 is 10.6 Å². The van der Waals surface area contributed by atoms with E-state index < -0.39 is 0 Å². The second-order valence-electron chi connectivity index (χ2n) is 4.68. The van der Waals surface area contributed by atoms with E-state index in [0.717, 1.165) is 18.9 Å². The minimum atomic E-state index is 0.456. The topological polar surface area (TPSA) is 55.0 Å². The summed E-state index contributed by atoms with van der Waals surface area (Å²) in [4.78, 5) is 10.5. The van der Waals surface area contributed by atoms with Gasteiger partial charge in [-0.2, -0.15) is 0 Å². The highest BCUT2D eigenvalue weighted by Gasteiger charge is 2.35. The maximum absolute atomic E-state index is 5.91. The quantitative estimate of drug-likeness (QED) is 0.847. The van der Waals surface area contributed by atoms with Crippen molar-refractivity contribution in [3.8, 4) is 0 Å². The van der Waals surface area contributed by atoms with Crippen LogP contribution in [0.4, 0.5) is 11.5 Å². The molecule has 0 spiro atoms. The van der Waals surface area contributed by atoms with E-state index in [1.807, 2.05) is 0 Å². The average molecular weight is 220 g/mol.